The fourth-order valence-electron chi connectivity index (χ4n) is 12.9. The lowest BCUT2D eigenvalue weighted by Gasteiger charge is -2.33. The van der Waals surface area contributed by atoms with Crippen molar-refractivity contribution in [1.82, 2.24) is 0 Å². The number of nitrogens with zero attached hydrogens (tertiary/aromatic N) is 2. The van der Waals surface area contributed by atoms with Crippen LogP contribution in [0.1, 0.15) is 155 Å². The van der Waals surface area contributed by atoms with Gasteiger partial charge in [-0.3, -0.25) is 0 Å². The van der Waals surface area contributed by atoms with Crippen LogP contribution in [0.2, 0.25) is 0 Å². The van der Waals surface area contributed by atoms with E-state index in [2.05, 4.69) is 290 Å². The molecule has 11 rings (SSSR count). The zero-order valence-electron chi connectivity index (χ0n) is 47.1. The summed E-state index contributed by atoms with van der Waals surface area (Å²) in [6, 6.07) is 65.6. The molecule has 0 aromatic heterocycles. The van der Waals surface area contributed by atoms with Crippen LogP contribution in [-0.2, 0) is 32.5 Å². The molecule has 2 aliphatic rings. The lowest BCUT2D eigenvalue weighted by atomic mass is 9.74. The van der Waals surface area contributed by atoms with Gasteiger partial charge in [-0.05, 0) is 183 Å². The van der Waals surface area contributed by atoms with Crippen LogP contribution >= 0.6 is 0 Å². The first-order valence-electron chi connectivity index (χ1n) is 27.1. The van der Waals surface area contributed by atoms with E-state index >= 15 is 0 Å². The Morgan fingerprint density at radius 3 is 0.919 bits per heavy atom. The first kappa shape index (κ1) is 49.3. The molecule has 0 aliphatic heterocycles. The Balaban J connectivity index is 1.16. The van der Waals surface area contributed by atoms with E-state index in [0.717, 1.165) is 34.1 Å². The summed E-state index contributed by atoms with van der Waals surface area (Å²) in [5.74, 6) is 0. The maximum absolute atomic E-state index is 2.52. The van der Waals surface area contributed by atoms with Crippen molar-refractivity contribution in [3.63, 3.8) is 0 Å². The average molecular weight is 969 g/mol. The van der Waals surface area contributed by atoms with Gasteiger partial charge >= 0.3 is 0 Å². The number of benzene rings is 9. The van der Waals surface area contributed by atoms with Gasteiger partial charge in [0.15, 0.2) is 0 Å². The van der Waals surface area contributed by atoms with Gasteiger partial charge < -0.3 is 9.80 Å². The van der Waals surface area contributed by atoms with Gasteiger partial charge in [0.05, 0.1) is 0 Å². The van der Waals surface area contributed by atoms with Crippen LogP contribution in [-0.4, -0.2) is 0 Å². The van der Waals surface area contributed by atoms with Crippen LogP contribution in [0, 0.1) is 0 Å². The van der Waals surface area contributed by atoms with Crippen LogP contribution < -0.4 is 9.80 Å². The largest absolute Gasteiger partial charge is 0.310 e. The molecule has 0 unspecified atom stereocenters. The topological polar surface area (TPSA) is 6.48 Å². The minimum Gasteiger partial charge on any atom is -0.310 e. The van der Waals surface area contributed by atoms with Crippen LogP contribution in [0.15, 0.2) is 170 Å². The van der Waals surface area contributed by atoms with E-state index < -0.39 is 0 Å². The van der Waals surface area contributed by atoms with Gasteiger partial charge in [-0.15, -0.1) is 0 Å². The molecule has 0 bridgehead atoms. The minimum atomic E-state index is -0.213. The smallest absolute Gasteiger partial charge is 0.0468 e. The summed E-state index contributed by atoms with van der Waals surface area (Å²) in [5.41, 5.74) is 22.6. The number of rotatable bonds is 6. The van der Waals surface area contributed by atoms with E-state index in [4.69, 9.17) is 0 Å². The molecular formula is C72H76N2. The molecular weight excluding hydrogens is 893 g/mol. The van der Waals surface area contributed by atoms with Crippen molar-refractivity contribution < 1.29 is 0 Å². The SMILES string of the molecule is CC(C)(C)c1ccc(N(c2ccc3c(c2)C(C)(C)c2ccccc2-3)c2ccc3c(C(C)(C)C)c4ccc(N(c5ccc(C(C)(C)C)cc5)c5ccc6c(c5)C(C)(C)c5ccccc5-6)cc4c(C(C)(C)C)c3c2)cc1. The average Bonchev–Trinajstić information content (AvgIpc) is 3.71. The van der Waals surface area contributed by atoms with E-state index in [1.165, 1.54) is 88.3 Å². The highest BCUT2D eigenvalue weighted by molar-refractivity contribution is 6.10. The zero-order chi connectivity index (χ0) is 52.7. The van der Waals surface area contributed by atoms with Crippen LogP contribution in [0.4, 0.5) is 34.1 Å². The van der Waals surface area contributed by atoms with Crippen molar-refractivity contribution >= 4 is 55.7 Å². The van der Waals surface area contributed by atoms with Crippen LogP contribution in [0.3, 0.4) is 0 Å². The van der Waals surface area contributed by atoms with E-state index in [9.17, 15) is 0 Å². The summed E-state index contributed by atoms with van der Waals surface area (Å²) in [4.78, 5) is 5.01. The fraction of sp³-hybridized carbons (Fsp3) is 0.306. The Kier molecular flexibility index (Phi) is 11.2. The predicted octanol–water partition coefficient (Wildman–Crippen LogP) is 20.7. The Morgan fingerprint density at radius 1 is 0.270 bits per heavy atom. The van der Waals surface area contributed by atoms with Gasteiger partial charge in [0.2, 0.25) is 0 Å². The molecule has 0 fully saturated rings. The third-order valence-corrected chi connectivity index (χ3v) is 16.7. The maximum Gasteiger partial charge on any atom is 0.0468 e. The molecule has 0 radical (unpaired) electrons. The number of anilines is 6. The third-order valence-electron chi connectivity index (χ3n) is 16.7. The van der Waals surface area contributed by atoms with Crippen molar-refractivity contribution in [3.8, 4) is 22.3 Å². The van der Waals surface area contributed by atoms with Gasteiger partial charge in [0.1, 0.15) is 0 Å². The molecule has 0 saturated heterocycles. The molecule has 0 N–H and O–H groups in total. The summed E-state index contributed by atoms with van der Waals surface area (Å²) in [6.07, 6.45) is 0. The Labute approximate surface area is 443 Å². The van der Waals surface area contributed by atoms with E-state index in [1.54, 1.807) is 0 Å². The molecule has 0 heterocycles. The normalized spacial score (nSPS) is 14.7. The van der Waals surface area contributed by atoms with Crippen LogP contribution in [0.5, 0.6) is 0 Å². The van der Waals surface area contributed by atoms with Crippen LogP contribution in [0.25, 0.3) is 43.8 Å². The van der Waals surface area contributed by atoms with Crippen molar-refractivity contribution in [2.45, 2.75) is 143 Å². The molecule has 2 heteroatoms. The second-order valence-corrected chi connectivity index (χ2v) is 26.8. The van der Waals surface area contributed by atoms with Gasteiger partial charge in [0.25, 0.3) is 0 Å². The minimum absolute atomic E-state index is 0.0367. The Morgan fingerprint density at radius 2 is 0.568 bits per heavy atom. The monoisotopic (exact) mass is 969 g/mol. The van der Waals surface area contributed by atoms with Gasteiger partial charge in [-0.25, -0.2) is 0 Å². The Bertz CT molecular complexity index is 3450. The van der Waals surface area contributed by atoms with Gasteiger partial charge in [-0.1, -0.05) is 208 Å². The lowest BCUT2D eigenvalue weighted by Crippen LogP contribution is -2.19. The van der Waals surface area contributed by atoms with Crippen molar-refractivity contribution in [2.24, 2.45) is 0 Å². The van der Waals surface area contributed by atoms with E-state index in [0.29, 0.717) is 0 Å². The lowest BCUT2D eigenvalue weighted by molar-refractivity contribution is 0.590. The predicted molar refractivity (Wildman–Crippen MR) is 321 cm³/mol. The number of hydrogen-bond donors (Lipinski definition) is 0. The second kappa shape index (κ2) is 16.8. The molecule has 374 valence electrons. The number of hydrogen-bond acceptors (Lipinski definition) is 2. The van der Waals surface area contributed by atoms with E-state index in [1.807, 2.05) is 0 Å². The molecule has 0 amide bonds. The quantitative estimate of drug-likeness (QED) is 0.153. The highest BCUT2D eigenvalue weighted by Gasteiger charge is 2.38. The molecule has 2 aliphatic carbocycles. The zero-order valence-corrected chi connectivity index (χ0v) is 47.1. The first-order valence-corrected chi connectivity index (χ1v) is 27.1. The summed E-state index contributed by atoms with van der Waals surface area (Å²) >= 11 is 0. The van der Waals surface area contributed by atoms with E-state index in [-0.39, 0.29) is 32.5 Å². The number of fused-ring (bicyclic) bond motifs is 8. The van der Waals surface area contributed by atoms with Gasteiger partial charge in [-0.2, -0.15) is 0 Å². The molecule has 74 heavy (non-hydrogen) atoms. The molecule has 2 nitrogen and oxygen atoms in total. The van der Waals surface area contributed by atoms with Crippen molar-refractivity contribution in [1.29, 1.82) is 0 Å². The van der Waals surface area contributed by atoms with Gasteiger partial charge in [0, 0.05) is 45.0 Å². The van der Waals surface area contributed by atoms with Crippen molar-refractivity contribution in [2.75, 3.05) is 9.80 Å². The maximum atomic E-state index is 2.52. The Hall–Kier alpha value is -6.90. The fourth-order valence-corrected chi connectivity index (χ4v) is 12.9. The second-order valence-electron chi connectivity index (χ2n) is 26.8. The summed E-state index contributed by atoms with van der Waals surface area (Å²) in [6.45, 7) is 37.7. The molecule has 0 spiro atoms. The summed E-state index contributed by atoms with van der Waals surface area (Å²) in [7, 11) is 0. The standard InChI is InChI=1S/C72H76N2/c1-67(2,3)45-25-29-47(30-26-45)73(51-33-37-55-53-21-17-19-23-61(53)71(13,14)63(55)43-51)49-35-39-57-59(41-49)66(70(10,11)12)60-42-50(36-40-58(60)65(57)69(7,8)9)74(48-31-27-46(28-32-48)68(4,5)6)52-34-38-56-54-22-18-20-24-62(54)72(15,16)64(56)44-52/h17-44H,1-16H3. The summed E-state index contributed by atoms with van der Waals surface area (Å²) < 4.78 is 0. The molecule has 9 aromatic rings. The first-order chi connectivity index (χ1) is 34.7. The molecule has 0 atom stereocenters. The highest BCUT2D eigenvalue weighted by atomic mass is 15.1. The molecule has 9 aromatic carbocycles. The molecule has 0 saturated carbocycles. The van der Waals surface area contributed by atoms with Crippen molar-refractivity contribution in [3.05, 3.63) is 214 Å². The summed E-state index contributed by atoms with van der Waals surface area (Å²) in [5, 5.41) is 5.23. The third kappa shape index (κ3) is 7.98. The highest BCUT2D eigenvalue weighted by Crippen LogP contribution is 2.54.